The van der Waals surface area contributed by atoms with Crippen molar-refractivity contribution in [3.63, 3.8) is 0 Å². The molecule has 1 aromatic rings. The molecular weight excluding hydrogens is 453 g/mol. The van der Waals surface area contributed by atoms with Crippen LogP contribution in [0.3, 0.4) is 0 Å². The molecule has 32 heavy (non-hydrogen) atoms. The molecule has 4 rings (SSSR count). The number of hydrogen-bond acceptors (Lipinski definition) is 6. The maximum absolute atomic E-state index is 13.0. The normalized spacial score (nSPS) is 27.0. The van der Waals surface area contributed by atoms with Crippen LogP contribution in [0.5, 0.6) is 0 Å². The molecule has 2 N–H and O–H groups in total. The minimum atomic E-state index is -3.43. The van der Waals surface area contributed by atoms with Gasteiger partial charge in [0.15, 0.2) is 9.84 Å². The van der Waals surface area contributed by atoms with Crippen molar-refractivity contribution < 1.29 is 22.4 Å². The molecule has 1 aliphatic heterocycles. The Kier molecular flexibility index (Phi) is 6.01. The topological polar surface area (TPSA) is 116 Å². The van der Waals surface area contributed by atoms with E-state index in [4.69, 9.17) is 0 Å². The highest BCUT2D eigenvalue weighted by Crippen LogP contribution is 2.68. The van der Waals surface area contributed by atoms with Crippen LogP contribution < -0.4 is 10.6 Å². The average molecular weight is 480 g/mol. The number of thioether (sulfide) groups is 1. The molecule has 0 aromatic heterocycles. The molecule has 2 aliphatic carbocycles. The second-order valence-electron chi connectivity index (χ2n) is 9.49. The second kappa shape index (κ2) is 8.34. The van der Waals surface area contributed by atoms with Gasteiger partial charge < -0.3 is 10.6 Å². The predicted octanol–water partition coefficient (Wildman–Crippen LogP) is 2.04. The summed E-state index contributed by atoms with van der Waals surface area (Å²) in [5.41, 5.74) is -0.948. The van der Waals surface area contributed by atoms with Gasteiger partial charge in [-0.1, -0.05) is 6.92 Å². The van der Waals surface area contributed by atoms with Crippen LogP contribution in [0, 0.1) is 33.9 Å². The predicted molar refractivity (Wildman–Crippen MR) is 118 cm³/mol. The number of benzene rings is 1. The largest absolute Gasteiger partial charge is 0.350 e. The maximum Gasteiger partial charge on any atom is 0.240 e. The third kappa shape index (κ3) is 4.79. The molecule has 172 valence electrons. The highest BCUT2D eigenvalue weighted by molar-refractivity contribution is 7.99. The molecule has 3 atom stereocenters. The summed E-state index contributed by atoms with van der Waals surface area (Å²) in [6, 6.07) is 6.62. The van der Waals surface area contributed by atoms with Crippen molar-refractivity contribution in [1.82, 2.24) is 10.6 Å². The van der Waals surface area contributed by atoms with Gasteiger partial charge >= 0.3 is 0 Å². The molecule has 1 heterocycles. The van der Waals surface area contributed by atoms with Gasteiger partial charge in [0.05, 0.1) is 29.7 Å². The molecule has 3 unspecified atom stereocenters. The molecule has 1 spiro atoms. The number of carbonyl (C=O) groups excluding carboxylic acids is 2. The van der Waals surface area contributed by atoms with Gasteiger partial charge in [-0.15, -0.1) is 11.8 Å². The molecule has 2 amide bonds. The van der Waals surface area contributed by atoms with Gasteiger partial charge in [-0.3, -0.25) is 9.59 Å². The van der Waals surface area contributed by atoms with Crippen LogP contribution in [0.2, 0.25) is 0 Å². The monoisotopic (exact) mass is 479 g/mol. The second-order valence-corrected chi connectivity index (χ2v) is 12.7. The lowest BCUT2D eigenvalue weighted by molar-refractivity contribution is -0.136. The fourth-order valence-electron chi connectivity index (χ4n) is 4.64. The lowest BCUT2D eigenvalue weighted by Crippen LogP contribution is -2.57. The lowest BCUT2D eigenvalue weighted by Gasteiger charge is -2.42. The van der Waals surface area contributed by atoms with Gasteiger partial charge in [0.1, 0.15) is 11.2 Å². The summed E-state index contributed by atoms with van der Waals surface area (Å²) in [6.45, 7) is 1.73. The van der Waals surface area contributed by atoms with Crippen LogP contribution in [-0.2, 0) is 19.4 Å². The Balaban J connectivity index is 1.34. The van der Waals surface area contributed by atoms with E-state index >= 15 is 0 Å². The van der Waals surface area contributed by atoms with E-state index in [0.29, 0.717) is 18.6 Å². The van der Waals surface area contributed by atoms with E-state index in [1.165, 1.54) is 23.9 Å². The zero-order valence-corrected chi connectivity index (χ0v) is 19.4. The quantitative estimate of drug-likeness (QED) is 0.578. The third-order valence-corrected chi connectivity index (χ3v) is 9.72. The van der Waals surface area contributed by atoms with Gasteiger partial charge in [0.25, 0.3) is 0 Å². The molecule has 7 nitrogen and oxygen atoms in total. The van der Waals surface area contributed by atoms with Crippen molar-refractivity contribution in [3.05, 3.63) is 30.1 Å². The van der Waals surface area contributed by atoms with E-state index in [-0.39, 0.29) is 28.6 Å². The van der Waals surface area contributed by atoms with Crippen molar-refractivity contribution in [3.8, 4) is 6.07 Å². The molecule has 1 aromatic carbocycles. The number of nitrogens with zero attached hydrogens (tertiary/aromatic N) is 1. The summed E-state index contributed by atoms with van der Waals surface area (Å²) < 4.78 is 37.5. The first-order valence-electron chi connectivity index (χ1n) is 10.7. The lowest BCUT2D eigenvalue weighted by atomic mass is 9.59. The van der Waals surface area contributed by atoms with Gasteiger partial charge in [-0.05, 0) is 55.4 Å². The first-order chi connectivity index (χ1) is 15.1. The van der Waals surface area contributed by atoms with Gasteiger partial charge in [-0.25, -0.2) is 12.8 Å². The first kappa shape index (κ1) is 23.1. The van der Waals surface area contributed by atoms with Crippen molar-refractivity contribution in [1.29, 1.82) is 5.26 Å². The smallest absolute Gasteiger partial charge is 0.240 e. The van der Waals surface area contributed by atoms with E-state index in [0.717, 1.165) is 17.7 Å². The molecule has 2 saturated carbocycles. The Labute approximate surface area is 191 Å². The van der Waals surface area contributed by atoms with Crippen molar-refractivity contribution in [2.45, 2.75) is 49.6 Å². The number of rotatable bonds is 7. The number of halogens is 1. The Bertz CT molecular complexity index is 1060. The fraction of sp³-hybridized carbons (Fsp3) is 0.591. The average Bonchev–Trinajstić information content (AvgIpc) is 3.45. The van der Waals surface area contributed by atoms with E-state index in [1.54, 1.807) is 19.1 Å². The van der Waals surface area contributed by atoms with Crippen molar-refractivity contribution in [2.75, 3.05) is 17.3 Å². The molecule has 3 fully saturated rings. The summed E-state index contributed by atoms with van der Waals surface area (Å²) >= 11 is 1.41. The van der Waals surface area contributed by atoms with E-state index < -0.39 is 39.2 Å². The molecular formula is C22H26FN3O4S2. The van der Waals surface area contributed by atoms with Crippen molar-refractivity contribution in [2.24, 2.45) is 16.7 Å². The Hall–Kier alpha value is -2.12. The molecule has 1 saturated heterocycles. The van der Waals surface area contributed by atoms with E-state index in [9.17, 15) is 27.7 Å². The van der Waals surface area contributed by atoms with Gasteiger partial charge in [0.2, 0.25) is 11.8 Å². The summed E-state index contributed by atoms with van der Waals surface area (Å²) in [4.78, 5) is 26.4. The fourth-order valence-corrected chi connectivity index (χ4v) is 7.42. The number of hydrogen-bond donors (Lipinski definition) is 2. The highest BCUT2D eigenvalue weighted by atomic mass is 32.2. The van der Waals surface area contributed by atoms with Gasteiger partial charge in [-0.2, -0.15) is 5.26 Å². The zero-order valence-electron chi connectivity index (χ0n) is 17.8. The third-order valence-electron chi connectivity index (χ3n) is 6.72. The first-order valence-corrected chi connectivity index (χ1v) is 13.5. The van der Waals surface area contributed by atoms with Crippen LogP contribution >= 0.6 is 11.8 Å². The van der Waals surface area contributed by atoms with E-state index in [2.05, 4.69) is 16.7 Å². The minimum Gasteiger partial charge on any atom is -0.350 e. The molecule has 0 radical (unpaired) electrons. The number of amides is 2. The van der Waals surface area contributed by atoms with Crippen LogP contribution in [0.15, 0.2) is 29.2 Å². The van der Waals surface area contributed by atoms with E-state index in [1.807, 2.05) is 0 Å². The standard InChI is InChI=1S/C22H26FN3O4S2/c1-14(8-31-16-4-2-15(23)3-5-16)19(27)25-17-9-32(29,30)10-18(17)26-20(28)22(13-24)11-21(12-22)6-7-21/h2-5,14,17-18H,6-12H2,1H3,(H,25,27)(H,26,28). The number of nitrogens with one attached hydrogen (secondary N) is 2. The zero-order chi connectivity index (χ0) is 23.1. The number of nitriles is 1. The van der Waals surface area contributed by atoms with Crippen LogP contribution in [0.1, 0.15) is 32.6 Å². The Morgan fingerprint density at radius 2 is 1.78 bits per heavy atom. The SMILES string of the molecule is CC(CSc1ccc(F)cc1)C(=O)NC1CS(=O)(=O)CC1NC(=O)C1(C#N)CC2(CC2)C1. The molecule has 3 aliphatic rings. The maximum atomic E-state index is 13.0. The summed E-state index contributed by atoms with van der Waals surface area (Å²) in [6.07, 6.45) is 3.12. The molecule has 0 bridgehead atoms. The minimum absolute atomic E-state index is 0.139. The van der Waals surface area contributed by atoms with Crippen LogP contribution in [0.25, 0.3) is 0 Å². The molecule has 10 heteroatoms. The van der Waals surface area contributed by atoms with Crippen LogP contribution in [0.4, 0.5) is 4.39 Å². The highest BCUT2D eigenvalue weighted by Gasteiger charge is 2.65. The summed E-state index contributed by atoms with van der Waals surface area (Å²) in [5.74, 6) is -1.55. The van der Waals surface area contributed by atoms with Crippen molar-refractivity contribution >= 4 is 33.4 Å². The summed E-state index contributed by atoms with van der Waals surface area (Å²) in [7, 11) is -3.43. The van der Waals surface area contributed by atoms with Gasteiger partial charge in [0, 0.05) is 16.6 Å². The van der Waals surface area contributed by atoms with Crippen LogP contribution in [-0.4, -0.2) is 49.6 Å². The number of sulfone groups is 1. The Morgan fingerprint density at radius 1 is 1.19 bits per heavy atom. The number of carbonyl (C=O) groups is 2. The summed E-state index contributed by atoms with van der Waals surface area (Å²) in [5, 5.41) is 15.1. The Morgan fingerprint density at radius 3 is 2.34 bits per heavy atom.